The van der Waals surface area contributed by atoms with Gasteiger partial charge in [-0.1, -0.05) is 0 Å². The zero-order chi connectivity index (χ0) is 17.7. The standard InChI is InChI=1S/C14H16F3N5O2/c1-8(13-21-18-7-22(13)3-4-24-2)19-14(23)20-11-6-9(15)5-10(16)12(11)17/h5-8H,3-4H2,1-2H3,(H2,19,20,23)/t8-/m0/s1. The molecule has 2 rings (SSSR count). The normalized spacial score (nSPS) is 12.0. The molecule has 0 saturated heterocycles. The second-order valence-electron chi connectivity index (χ2n) is 4.94. The van der Waals surface area contributed by atoms with Gasteiger partial charge in [0.25, 0.3) is 0 Å². The van der Waals surface area contributed by atoms with Crippen LogP contribution in [0.15, 0.2) is 18.5 Å². The van der Waals surface area contributed by atoms with Crippen LogP contribution in [0, 0.1) is 17.5 Å². The second kappa shape index (κ2) is 7.77. The van der Waals surface area contributed by atoms with Crippen molar-refractivity contribution in [3.05, 3.63) is 41.7 Å². The molecule has 24 heavy (non-hydrogen) atoms. The van der Waals surface area contributed by atoms with Crippen LogP contribution in [0.2, 0.25) is 0 Å². The van der Waals surface area contributed by atoms with Crippen LogP contribution in [0.5, 0.6) is 0 Å². The van der Waals surface area contributed by atoms with E-state index in [2.05, 4.69) is 20.8 Å². The number of amides is 2. The fourth-order valence-corrected chi connectivity index (χ4v) is 2.03. The molecule has 7 nitrogen and oxygen atoms in total. The zero-order valence-electron chi connectivity index (χ0n) is 13.0. The summed E-state index contributed by atoms with van der Waals surface area (Å²) in [6.45, 7) is 2.54. The largest absolute Gasteiger partial charge is 0.383 e. The molecule has 130 valence electrons. The summed E-state index contributed by atoms with van der Waals surface area (Å²) in [5.41, 5.74) is -0.599. The highest BCUT2D eigenvalue weighted by atomic mass is 19.2. The van der Waals surface area contributed by atoms with E-state index in [1.54, 1.807) is 18.6 Å². The van der Waals surface area contributed by atoms with Crippen molar-refractivity contribution < 1.29 is 22.7 Å². The van der Waals surface area contributed by atoms with Crippen LogP contribution in [0.4, 0.5) is 23.7 Å². The number of carbonyl (C=O) groups excluding carboxylic acids is 1. The first-order valence-corrected chi connectivity index (χ1v) is 7.01. The minimum Gasteiger partial charge on any atom is -0.383 e. The Labute approximate surface area is 135 Å². The van der Waals surface area contributed by atoms with Crippen LogP contribution in [-0.2, 0) is 11.3 Å². The van der Waals surface area contributed by atoms with Gasteiger partial charge in [0.05, 0.1) is 18.3 Å². The summed E-state index contributed by atoms with van der Waals surface area (Å²) in [6.07, 6.45) is 1.48. The summed E-state index contributed by atoms with van der Waals surface area (Å²) in [7, 11) is 1.55. The van der Waals surface area contributed by atoms with E-state index in [4.69, 9.17) is 4.74 Å². The van der Waals surface area contributed by atoms with Gasteiger partial charge in [0, 0.05) is 25.8 Å². The summed E-state index contributed by atoms with van der Waals surface area (Å²) in [5.74, 6) is -3.29. The average molecular weight is 343 g/mol. The van der Waals surface area contributed by atoms with Crippen molar-refractivity contribution in [3.63, 3.8) is 0 Å². The molecule has 0 aliphatic heterocycles. The van der Waals surface area contributed by atoms with Crippen molar-refractivity contribution in [2.24, 2.45) is 0 Å². The third-order valence-electron chi connectivity index (χ3n) is 3.16. The Kier molecular flexibility index (Phi) is 5.74. The molecule has 0 fully saturated rings. The van der Waals surface area contributed by atoms with Crippen molar-refractivity contribution in [2.75, 3.05) is 19.0 Å². The van der Waals surface area contributed by atoms with Crippen molar-refractivity contribution in [1.82, 2.24) is 20.1 Å². The Bertz CT molecular complexity index is 722. The molecule has 0 saturated carbocycles. The maximum Gasteiger partial charge on any atom is 0.319 e. The summed E-state index contributed by atoms with van der Waals surface area (Å²) in [4.78, 5) is 11.9. The van der Waals surface area contributed by atoms with Crippen molar-refractivity contribution >= 4 is 11.7 Å². The number of anilines is 1. The van der Waals surface area contributed by atoms with Crippen LogP contribution >= 0.6 is 0 Å². The maximum absolute atomic E-state index is 13.5. The van der Waals surface area contributed by atoms with Crippen LogP contribution in [0.3, 0.4) is 0 Å². The van der Waals surface area contributed by atoms with Gasteiger partial charge >= 0.3 is 6.03 Å². The fraction of sp³-hybridized carbons (Fsp3) is 0.357. The molecule has 0 aliphatic rings. The summed E-state index contributed by atoms with van der Waals surface area (Å²) < 4.78 is 46.4. The van der Waals surface area contributed by atoms with Gasteiger partial charge in [-0.05, 0) is 6.92 Å². The Morgan fingerprint density at radius 1 is 1.38 bits per heavy atom. The number of carbonyl (C=O) groups is 1. The molecule has 1 aromatic heterocycles. The minimum atomic E-state index is -1.39. The number of hydrogen-bond donors (Lipinski definition) is 2. The second-order valence-corrected chi connectivity index (χ2v) is 4.94. The van der Waals surface area contributed by atoms with Gasteiger partial charge in [0.1, 0.15) is 12.1 Å². The van der Waals surface area contributed by atoms with E-state index in [-0.39, 0.29) is 0 Å². The maximum atomic E-state index is 13.5. The molecule has 0 unspecified atom stereocenters. The Hall–Kier alpha value is -2.62. The lowest BCUT2D eigenvalue weighted by Crippen LogP contribution is -2.33. The summed E-state index contributed by atoms with van der Waals surface area (Å²) >= 11 is 0. The summed E-state index contributed by atoms with van der Waals surface area (Å²) in [5, 5.41) is 12.2. The molecule has 0 aliphatic carbocycles. The molecule has 1 heterocycles. The molecule has 1 atom stereocenters. The lowest BCUT2D eigenvalue weighted by atomic mass is 10.3. The minimum absolute atomic E-state index is 0.388. The van der Waals surface area contributed by atoms with E-state index in [0.29, 0.717) is 31.1 Å². The third kappa shape index (κ3) is 4.22. The van der Waals surface area contributed by atoms with Crippen LogP contribution in [-0.4, -0.2) is 34.5 Å². The number of ether oxygens (including phenoxy) is 1. The molecule has 2 amide bonds. The number of halogens is 3. The predicted molar refractivity (Wildman–Crippen MR) is 78.8 cm³/mol. The molecule has 0 spiro atoms. The fourth-order valence-electron chi connectivity index (χ4n) is 2.03. The number of nitrogens with zero attached hydrogens (tertiary/aromatic N) is 3. The average Bonchev–Trinajstić information content (AvgIpc) is 2.98. The van der Waals surface area contributed by atoms with Crippen molar-refractivity contribution in [3.8, 4) is 0 Å². The number of nitrogens with one attached hydrogen (secondary N) is 2. The highest BCUT2D eigenvalue weighted by Crippen LogP contribution is 2.19. The van der Waals surface area contributed by atoms with E-state index in [1.807, 2.05) is 0 Å². The zero-order valence-corrected chi connectivity index (χ0v) is 13.0. The quantitative estimate of drug-likeness (QED) is 0.788. The Morgan fingerprint density at radius 3 is 2.83 bits per heavy atom. The first kappa shape index (κ1) is 17.7. The third-order valence-corrected chi connectivity index (χ3v) is 3.16. The molecule has 2 N–H and O–H groups in total. The summed E-state index contributed by atoms with van der Waals surface area (Å²) in [6, 6.07) is -0.346. The van der Waals surface area contributed by atoms with Gasteiger partial charge in [-0.15, -0.1) is 10.2 Å². The smallest absolute Gasteiger partial charge is 0.319 e. The predicted octanol–water partition coefficient (Wildman–Crippen LogP) is 2.22. The van der Waals surface area contributed by atoms with E-state index in [9.17, 15) is 18.0 Å². The van der Waals surface area contributed by atoms with E-state index in [0.717, 1.165) is 0 Å². The van der Waals surface area contributed by atoms with Crippen LogP contribution in [0.25, 0.3) is 0 Å². The first-order valence-electron chi connectivity index (χ1n) is 7.01. The van der Waals surface area contributed by atoms with Crippen molar-refractivity contribution in [2.45, 2.75) is 19.5 Å². The van der Waals surface area contributed by atoms with Gasteiger partial charge in [-0.3, -0.25) is 0 Å². The van der Waals surface area contributed by atoms with Gasteiger partial charge in [0.2, 0.25) is 0 Å². The number of rotatable bonds is 6. The van der Waals surface area contributed by atoms with E-state index >= 15 is 0 Å². The van der Waals surface area contributed by atoms with Gasteiger partial charge < -0.3 is 19.9 Å². The number of methoxy groups -OCH3 is 1. The molecule has 0 radical (unpaired) electrons. The number of urea groups is 1. The molecule has 2 aromatic rings. The van der Waals surface area contributed by atoms with E-state index < -0.39 is 35.2 Å². The van der Waals surface area contributed by atoms with Gasteiger partial charge in [0.15, 0.2) is 17.5 Å². The molecule has 0 bridgehead atoms. The monoisotopic (exact) mass is 343 g/mol. The Morgan fingerprint density at radius 2 is 2.12 bits per heavy atom. The molecule has 1 aromatic carbocycles. The van der Waals surface area contributed by atoms with Crippen LogP contribution < -0.4 is 10.6 Å². The van der Waals surface area contributed by atoms with Gasteiger partial charge in [-0.25, -0.2) is 18.0 Å². The topological polar surface area (TPSA) is 81.1 Å². The number of aromatic nitrogens is 3. The highest BCUT2D eigenvalue weighted by Gasteiger charge is 2.18. The van der Waals surface area contributed by atoms with Crippen LogP contribution in [0.1, 0.15) is 18.8 Å². The van der Waals surface area contributed by atoms with Crippen molar-refractivity contribution in [1.29, 1.82) is 0 Å². The molecular formula is C14H16F3N5O2. The van der Waals surface area contributed by atoms with Gasteiger partial charge in [-0.2, -0.15) is 0 Å². The van der Waals surface area contributed by atoms with E-state index in [1.165, 1.54) is 6.33 Å². The first-order chi connectivity index (χ1) is 11.4. The number of hydrogen-bond acceptors (Lipinski definition) is 4. The lowest BCUT2D eigenvalue weighted by molar-refractivity contribution is 0.185. The highest BCUT2D eigenvalue weighted by molar-refractivity contribution is 5.89. The number of benzene rings is 1. The Balaban J connectivity index is 2.03. The molecule has 10 heteroatoms. The lowest BCUT2D eigenvalue weighted by Gasteiger charge is -2.15. The SMILES string of the molecule is COCCn1cnnc1[C@H](C)NC(=O)Nc1cc(F)cc(F)c1F. The molecular weight excluding hydrogens is 327 g/mol.